The van der Waals surface area contributed by atoms with Gasteiger partial charge in [-0.25, -0.2) is 0 Å². The van der Waals surface area contributed by atoms with Gasteiger partial charge in [0.15, 0.2) is 11.0 Å². The predicted octanol–water partition coefficient (Wildman–Crippen LogP) is 4.87. The molecule has 32 heavy (non-hydrogen) atoms. The monoisotopic (exact) mass is 448 g/mol. The van der Waals surface area contributed by atoms with Gasteiger partial charge < -0.3 is 4.52 Å². The highest BCUT2D eigenvalue weighted by atomic mass is 32.2. The Morgan fingerprint density at radius 2 is 1.94 bits per heavy atom. The lowest BCUT2D eigenvalue weighted by molar-refractivity contribution is -0.115. The van der Waals surface area contributed by atoms with Crippen molar-refractivity contribution in [2.75, 3.05) is 5.32 Å². The van der Waals surface area contributed by atoms with Crippen molar-refractivity contribution in [3.63, 3.8) is 0 Å². The number of thioether (sulfide) groups is 1. The Hall–Kier alpha value is -3.46. The normalized spacial score (nSPS) is 12.2. The molecule has 0 bridgehead atoms. The fourth-order valence-corrected chi connectivity index (χ4v) is 4.14. The Kier molecular flexibility index (Phi) is 6.36. The number of hydrogen-bond acceptors (Lipinski definition) is 7. The van der Waals surface area contributed by atoms with Crippen LogP contribution in [0.3, 0.4) is 0 Å². The Morgan fingerprint density at radius 3 is 2.62 bits per heavy atom. The van der Waals surface area contributed by atoms with Gasteiger partial charge in [-0.2, -0.15) is 0 Å². The molecule has 9 heteroatoms. The molecule has 1 unspecified atom stereocenters. The highest BCUT2D eigenvalue weighted by Crippen LogP contribution is 2.33. The summed E-state index contributed by atoms with van der Waals surface area (Å²) in [6.45, 7) is 7.91. The van der Waals surface area contributed by atoms with Crippen molar-refractivity contribution >= 4 is 23.6 Å². The fourth-order valence-electron chi connectivity index (χ4n) is 3.28. The second kappa shape index (κ2) is 9.35. The van der Waals surface area contributed by atoms with Crippen molar-refractivity contribution in [3.05, 3.63) is 66.1 Å². The first-order valence-corrected chi connectivity index (χ1v) is 11.2. The van der Waals surface area contributed by atoms with Crippen molar-refractivity contribution in [1.82, 2.24) is 24.9 Å². The van der Waals surface area contributed by atoms with E-state index >= 15 is 0 Å². The van der Waals surface area contributed by atoms with E-state index in [1.165, 1.54) is 11.8 Å². The number of carbonyl (C=O) groups is 1. The molecule has 0 radical (unpaired) electrons. The summed E-state index contributed by atoms with van der Waals surface area (Å²) < 4.78 is 7.10. The molecule has 3 heterocycles. The summed E-state index contributed by atoms with van der Waals surface area (Å²) in [4.78, 5) is 17.0. The SMILES string of the molecule is Cc1cc(NC(=O)C(C)Sc2nnc(-c3cccnc3)n2-c2ccccc2C(C)C)on1. The minimum absolute atomic E-state index is 0.208. The molecular weight excluding hydrogens is 424 g/mol. The first kappa shape index (κ1) is 21.8. The third-order valence-electron chi connectivity index (χ3n) is 4.88. The van der Waals surface area contributed by atoms with E-state index in [4.69, 9.17) is 4.52 Å². The molecule has 0 saturated heterocycles. The molecule has 0 saturated carbocycles. The average molecular weight is 449 g/mol. The molecule has 1 N–H and O–H groups in total. The molecule has 0 fully saturated rings. The van der Waals surface area contributed by atoms with Crippen LogP contribution in [0.15, 0.2) is 64.5 Å². The van der Waals surface area contributed by atoms with Crippen LogP contribution in [-0.2, 0) is 4.79 Å². The molecule has 0 aliphatic rings. The number of rotatable bonds is 7. The van der Waals surface area contributed by atoms with E-state index in [1.54, 1.807) is 25.4 Å². The second-order valence-electron chi connectivity index (χ2n) is 7.68. The van der Waals surface area contributed by atoms with Crippen molar-refractivity contribution in [2.45, 2.75) is 44.0 Å². The first-order chi connectivity index (χ1) is 15.4. The topological polar surface area (TPSA) is 98.7 Å². The number of aromatic nitrogens is 5. The molecule has 8 nitrogen and oxygen atoms in total. The summed E-state index contributed by atoms with van der Waals surface area (Å²) >= 11 is 1.33. The molecule has 1 atom stereocenters. The number of amides is 1. The second-order valence-corrected chi connectivity index (χ2v) is 8.99. The zero-order chi connectivity index (χ0) is 22.7. The number of carbonyl (C=O) groups excluding carboxylic acids is 1. The lowest BCUT2D eigenvalue weighted by atomic mass is 10.0. The van der Waals surface area contributed by atoms with Crippen molar-refractivity contribution in [3.8, 4) is 17.1 Å². The van der Waals surface area contributed by atoms with E-state index in [9.17, 15) is 4.79 Å². The summed E-state index contributed by atoms with van der Waals surface area (Å²) in [5.74, 6) is 1.08. The third-order valence-corrected chi connectivity index (χ3v) is 5.92. The summed E-state index contributed by atoms with van der Waals surface area (Å²) in [5.41, 5.74) is 3.69. The highest BCUT2D eigenvalue weighted by molar-refractivity contribution is 8.00. The van der Waals surface area contributed by atoms with Crippen molar-refractivity contribution in [1.29, 1.82) is 0 Å². The molecule has 1 aromatic carbocycles. The lowest BCUT2D eigenvalue weighted by Gasteiger charge is -2.18. The van der Waals surface area contributed by atoms with Crippen LogP contribution in [0.2, 0.25) is 0 Å². The average Bonchev–Trinajstić information content (AvgIpc) is 3.40. The molecule has 4 rings (SSSR count). The zero-order valence-electron chi connectivity index (χ0n) is 18.3. The molecule has 0 aliphatic carbocycles. The highest BCUT2D eigenvalue weighted by Gasteiger charge is 2.24. The Labute approximate surface area is 190 Å². The summed E-state index contributed by atoms with van der Waals surface area (Å²) in [7, 11) is 0. The Bertz CT molecular complexity index is 1220. The first-order valence-electron chi connectivity index (χ1n) is 10.3. The summed E-state index contributed by atoms with van der Waals surface area (Å²) in [5, 5.41) is 15.6. The molecule has 164 valence electrons. The number of nitrogens with one attached hydrogen (secondary N) is 1. The lowest BCUT2D eigenvalue weighted by Crippen LogP contribution is -2.22. The molecule has 0 aliphatic heterocycles. The number of hydrogen-bond donors (Lipinski definition) is 1. The van der Waals surface area contributed by atoms with Crippen LogP contribution < -0.4 is 5.32 Å². The largest absolute Gasteiger partial charge is 0.338 e. The number of aryl methyl sites for hydroxylation is 1. The van der Waals surface area contributed by atoms with Gasteiger partial charge >= 0.3 is 0 Å². The van der Waals surface area contributed by atoms with Crippen LogP contribution in [0.4, 0.5) is 5.88 Å². The third kappa shape index (κ3) is 4.57. The quantitative estimate of drug-likeness (QED) is 0.403. The maximum atomic E-state index is 12.7. The van der Waals surface area contributed by atoms with Gasteiger partial charge in [0.25, 0.3) is 0 Å². The minimum Gasteiger partial charge on any atom is -0.338 e. The van der Waals surface area contributed by atoms with E-state index < -0.39 is 5.25 Å². The van der Waals surface area contributed by atoms with E-state index in [1.807, 2.05) is 41.8 Å². The number of benzene rings is 1. The maximum Gasteiger partial charge on any atom is 0.240 e. The van der Waals surface area contributed by atoms with Gasteiger partial charge in [0, 0.05) is 24.0 Å². The van der Waals surface area contributed by atoms with Gasteiger partial charge in [-0.05, 0) is 43.5 Å². The van der Waals surface area contributed by atoms with Gasteiger partial charge in [-0.15, -0.1) is 10.2 Å². The predicted molar refractivity (Wildman–Crippen MR) is 124 cm³/mol. The van der Waals surface area contributed by atoms with Crippen molar-refractivity contribution < 1.29 is 9.32 Å². The summed E-state index contributed by atoms with van der Waals surface area (Å²) in [6.07, 6.45) is 3.48. The van der Waals surface area contributed by atoms with Gasteiger partial charge in [0.05, 0.1) is 16.6 Å². The van der Waals surface area contributed by atoms with E-state index in [0.717, 1.165) is 16.8 Å². The standard InChI is InChI=1S/C23H24N6O2S/c1-14(2)18-9-5-6-10-19(18)29-21(17-8-7-11-24-13-17)26-27-23(29)32-16(4)22(30)25-20-12-15(3)28-31-20/h5-14,16H,1-4H3,(H,25,30). The maximum absolute atomic E-state index is 12.7. The van der Waals surface area contributed by atoms with Crippen LogP contribution in [-0.4, -0.2) is 36.1 Å². The molecular formula is C23H24N6O2S. The zero-order valence-corrected chi connectivity index (χ0v) is 19.1. The van der Waals surface area contributed by atoms with Gasteiger partial charge in [-0.1, -0.05) is 49.0 Å². The van der Waals surface area contributed by atoms with Crippen LogP contribution in [0.25, 0.3) is 17.1 Å². The number of pyridine rings is 1. The van der Waals surface area contributed by atoms with Crippen LogP contribution in [0, 0.1) is 6.92 Å². The Morgan fingerprint density at radius 1 is 1.12 bits per heavy atom. The minimum atomic E-state index is -0.448. The van der Waals surface area contributed by atoms with E-state index in [2.05, 4.69) is 45.6 Å². The van der Waals surface area contributed by atoms with Crippen LogP contribution >= 0.6 is 11.8 Å². The number of nitrogens with zero attached hydrogens (tertiary/aromatic N) is 5. The van der Waals surface area contributed by atoms with E-state index in [-0.39, 0.29) is 5.91 Å². The molecule has 3 aromatic heterocycles. The van der Waals surface area contributed by atoms with E-state index in [0.29, 0.717) is 28.5 Å². The van der Waals surface area contributed by atoms with Gasteiger partial charge in [0.2, 0.25) is 11.8 Å². The Balaban J connectivity index is 1.71. The molecule has 4 aromatic rings. The van der Waals surface area contributed by atoms with Gasteiger partial charge in [0.1, 0.15) is 0 Å². The number of para-hydroxylation sites is 1. The number of anilines is 1. The summed E-state index contributed by atoms with van der Waals surface area (Å²) in [6, 6.07) is 13.7. The van der Waals surface area contributed by atoms with Gasteiger partial charge in [-0.3, -0.25) is 19.7 Å². The van der Waals surface area contributed by atoms with Crippen molar-refractivity contribution in [2.24, 2.45) is 0 Å². The molecule has 0 spiro atoms. The molecule has 1 amide bonds. The smallest absolute Gasteiger partial charge is 0.240 e. The van der Waals surface area contributed by atoms with Crippen LogP contribution in [0.5, 0.6) is 0 Å². The van der Waals surface area contributed by atoms with Crippen LogP contribution in [0.1, 0.15) is 37.9 Å². The fraction of sp³-hybridized carbons (Fsp3) is 0.261.